The van der Waals surface area contributed by atoms with Crippen LogP contribution in [0.15, 0.2) is 0 Å². The van der Waals surface area contributed by atoms with E-state index in [9.17, 15) is 5.11 Å². The second-order valence-corrected chi connectivity index (χ2v) is 4.40. The number of aromatic nitrogens is 4. The van der Waals surface area contributed by atoms with E-state index in [-0.39, 0.29) is 29.8 Å². The van der Waals surface area contributed by atoms with Gasteiger partial charge in [-0.2, -0.15) is 20.3 Å². The number of nitrogens with one attached hydrogen (secondary N) is 1. The zero-order chi connectivity index (χ0) is 13.3. The van der Waals surface area contributed by atoms with Gasteiger partial charge in [-0.1, -0.05) is 0 Å². The molecule has 2 rings (SSSR count). The molecule has 0 bridgehead atoms. The van der Waals surface area contributed by atoms with Gasteiger partial charge in [0.25, 0.3) is 0 Å². The molecule has 0 saturated heterocycles. The van der Waals surface area contributed by atoms with Crippen LogP contribution in [0.25, 0.3) is 11.0 Å². The summed E-state index contributed by atoms with van der Waals surface area (Å²) in [7, 11) is 0. The van der Waals surface area contributed by atoms with Crippen molar-refractivity contribution in [1.82, 2.24) is 20.2 Å². The molecule has 18 heavy (non-hydrogen) atoms. The van der Waals surface area contributed by atoms with Crippen molar-refractivity contribution in [1.29, 1.82) is 5.26 Å². The Morgan fingerprint density at radius 2 is 2.22 bits per heavy atom. The Hall–Kier alpha value is -2.40. The van der Waals surface area contributed by atoms with Gasteiger partial charge in [-0.05, 0) is 13.8 Å². The fourth-order valence-electron chi connectivity index (χ4n) is 1.34. The summed E-state index contributed by atoms with van der Waals surface area (Å²) in [5, 5.41) is 25.3. The molecule has 8 nitrogen and oxygen atoms in total. The van der Waals surface area contributed by atoms with Gasteiger partial charge in [-0.25, -0.2) is 0 Å². The Bertz CT molecular complexity index is 622. The van der Waals surface area contributed by atoms with E-state index in [1.165, 1.54) is 0 Å². The Labute approximate surface area is 102 Å². The second-order valence-electron chi connectivity index (χ2n) is 4.40. The van der Waals surface area contributed by atoms with Gasteiger partial charge < -0.3 is 15.6 Å². The van der Waals surface area contributed by atoms with Crippen molar-refractivity contribution >= 4 is 17.0 Å². The maximum absolute atomic E-state index is 9.61. The molecule has 0 amide bonds. The van der Waals surface area contributed by atoms with Crippen LogP contribution in [0.3, 0.4) is 0 Å². The lowest BCUT2D eigenvalue weighted by atomic mass is 10.2. The summed E-state index contributed by atoms with van der Waals surface area (Å²) in [6.07, 6.45) is 0. The van der Waals surface area contributed by atoms with Crippen molar-refractivity contribution in [2.45, 2.75) is 19.4 Å². The maximum Gasteiger partial charge on any atom is 0.231 e. The molecule has 0 aliphatic carbocycles. The van der Waals surface area contributed by atoms with E-state index in [0.29, 0.717) is 5.39 Å². The number of hydrogen-bond acceptors (Lipinski definition) is 7. The van der Waals surface area contributed by atoms with Crippen LogP contribution in [-0.2, 0) is 0 Å². The fraction of sp³-hybridized carbons (Fsp3) is 0.400. The largest absolute Gasteiger partial charge is 0.474 e. The molecular weight excluding hydrogens is 236 g/mol. The molecule has 2 aromatic rings. The van der Waals surface area contributed by atoms with Crippen molar-refractivity contribution in [2.24, 2.45) is 0 Å². The van der Waals surface area contributed by atoms with E-state index >= 15 is 0 Å². The number of anilines is 1. The molecule has 94 valence electrons. The van der Waals surface area contributed by atoms with E-state index in [1.807, 2.05) is 6.07 Å². The van der Waals surface area contributed by atoms with Crippen molar-refractivity contribution in [3.8, 4) is 11.9 Å². The van der Waals surface area contributed by atoms with E-state index < -0.39 is 5.60 Å². The highest BCUT2D eigenvalue weighted by Crippen LogP contribution is 2.25. The van der Waals surface area contributed by atoms with Crippen LogP contribution in [0.5, 0.6) is 5.88 Å². The smallest absolute Gasteiger partial charge is 0.231 e. The molecule has 0 aromatic carbocycles. The molecule has 2 aromatic heterocycles. The van der Waals surface area contributed by atoms with Crippen LogP contribution in [0, 0.1) is 11.3 Å². The number of nitrogens with two attached hydrogens (primary N) is 1. The predicted molar refractivity (Wildman–Crippen MR) is 62.6 cm³/mol. The summed E-state index contributed by atoms with van der Waals surface area (Å²) in [6.45, 7) is 3.19. The van der Waals surface area contributed by atoms with Gasteiger partial charge in [0.1, 0.15) is 18.1 Å². The fourth-order valence-corrected chi connectivity index (χ4v) is 1.34. The zero-order valence-electron chi connectivity index (χ0n) is 9.93. The molecule has 8 heteroatoms. The Kier molecular flexibility index (Phi) is 2.76. The number of nitrogens with zero attached hydrogens (tertiary/aromatic N) is 4. The summed E-state index contributed by atoms with van der Waals surface area (Å²) >= 11 is 0. The third kappa shape index (κ3) is 2.31. The third-order valence-electron chi connectivity index (χ3n) is 2.07. The lowest BCUT2D eigenvalue weighted by Gasteiger charge is -2.17. The highest BCUT2D eigenvalue weighted by Gasteiger charge is 2.19. The average molecular weight is 248 g/mol. The van der Waals surface area contributed by atoms with E-state index in [0.717, 1.165) is 0 Å². The van der Waals surface area contributed by atoms with Crippen LogP contribution in [-0.4, -0.2) is 37.5 Å². The molecule has 0 saturated carbocycles. The molecule has 0 unspecified atom stereocenters. The maximum atomic E-state index is 9.61. The Morgan fingerprint density at radius 1 is 1.50 bits per heavy atom. The van der Waals surface area contributed by atoms with Crippen molar-refractivity contribution in [2.75, 3.05) is 12.3 Å². The van der Waals surface area contributed by atoms with Crippen LogP contribution in [0.2, 0.25) is 0 Å². The third-order valence-corrected chi connectivity index (χ3v) is 2.07. The summed E-state index contributed by atoms with van der Waals surface area (Å²) in [5.74, 6) is 0.120. The summed E-state index contributed by atoms with van der Waals surface area (Å²) in [5.41, 5.74) is 4.93. The molecule has 0 aliphatic rings. The topological polar surface area (TPSA) is 134 Å². The SMILES string of the molecule is CC(C)(O)COc1nc(N)nc2n[nH]c(C#N)c12. The second kappa shape index (κ2) is 4.12. The van der Waals surface area contributed by atoms with Crippen molar-refractivity contribution < 1.29 is 9.84 Å². The molecule has 4 N–H and O–H groups in total. The Morgan fingerprint density at radius 3 is 2.83 bits per heavy atom. The minimum atomic E-state index is -1.03. The van der Waals surface area contributed by atoms with E-state index in [2.05, 4.69) is 20.2 Å². The van der Waals surface area contributed by atoms with Crippen LogP contribution in [0.1, 0.15) is 19.5 Å². The van der Waals surface area contributed by atoms with Crippen molar-refractivity contribution in [3.63, 3.8) is 0 Å². The summed E-state index contributed by atoms with van der Waals surface area (Å²) in [6, 6.07) is 1.93. The van der Waals surface area contributed by atoms with Crippen LogP contribution < -0.4 is 10.5 Å². The first-order chi connectivity index (χ1) is 8.40. The molecule has 0 spiro atoms. The molecule has 0 aliphatic heterocycles. The van der Waals surface area contributed by atoms with Gasteiger partial charge in [-0.3, -0.25) is 5.10 Å². The van der Waals surface area contributed by atoms with Gasteiger partial charge >= 0.3 is 0 Å². The quantitative estimate of drug-likeness (QED) is 0.693. The number of aliphatic hydroxyl groups is 1. The average Bonchev–Trinajstić information content (AvgIpc) is 2.67. The lowest BCUT2D eigenvalue weighted by Crippen LogP contribution is -2.28. The van der Waals surface area contributed by atoms with Crippen LogP contribution in [0.4, 0.5) is 5.95 Å². The van der Waals surface area contributed by atoms with Gasteiger partial charge in [0.2, 0.25) is 11.8 Å². The first kappa shape index (κ1) is 12.1. The standard InChI is InChI=1S/C10H12N6O2/c1-10(2,17)4-18-8-6-5(3-11)15-16-7(6)13-9(12)14-8/h17H,4H2,1-2H3,(H3,12,13,14,15,16). The number of aromatic amines is 1. The minimum absolute atomic E-state index is 0.00853. The zero-order valence-corrected chi connectivity index (χ0v) is 9.93. The minimum Gasteiger partial charge on any atom is -0.474 e. The van der Waals surface area contributed by atoms with E-state index in [4.69, 9.17) is 15.7 Å². The molecule has 2 heterocycles. The number of ether oxygens (including phenoxy) is 1. The van der Waals surface area contributed by atoms with Gasteiger partial charge in [0, 0.05) is 0 Å². The number of rotatable bonds is 3. The summed E-state index contributed by atoms with van der Waals surface area (Å²) in [4.78, 5) is 7.79. The predicted octanol–water partition coefficient (Wildman–Crippen LogP) is -0.0435. The van der Waals surface area contributed by atoms with Crippen molar-refractivity contribution in [3.05, 3.63) is 5.69 Å². The first-order valence-electron chi connectivity index (χ1n) is 5.17. The number of nitriles is 1. The number of hydrogen-bond donors (Lipinski definition) is 3. The molecule has 0 atom stereocenters. The van der Waals surface area contributed by atoms with E-state index in [1.54, 1.807) is 13.8 Å². The molecular formula is C10H12N6O2. The summed E-state index contributed by atoms with van der Waals surface area (Å²) < 4.78 is 5.37. The molecule has 0 radical (unpaired) electrons. The van der Waals surface area contributed by atoms with Gasteiger partial charge in [-0.15, -0.1) is 0 Å². The highest BCUT2D eigenvalue weighted by molar-refractivity contribution is 5.86. The number of fused-ring (bicyclic) bond motifs is 1. The monoisotopic (exact) mass is 248 g/mol. The Balaban J connectivity index is 2.48. The number of nitrogen functional groups attached to an aromatic ring is 1. The molecule has 0 fully saturated rings. The van der Waals surface area contributed by atoms with Crippen LogP contribution >= 0.6 is 0 Å². The highest BCUT2D eigenvalue weighted by atomic mass is 16.5. The normalized spacial score (nSPS) is 11.4. The number of H-pyrrole nitrogens is 1. The first-order valence-corrected chi connectivity index (χ1v) is 5.17. The van der Waals surface area contributed by atoms with Gasteiger partial charge in [0.15, 0.2) is 11.3 Å². The lowest BCUT2D eigenvalue weighted by molar-refractivity contribution is 0.0274. The van der Waals surface area contributed by atoms with Gasteiger partial charge in [0.05, 0.1) is 5.60 Å².